The molecule has 1 rings (SSSR count). The number of nitrogens with one attached hydrogen (secondary N) is 2. The highest BCUT2D eigenvalue weighted by Gasteiger charge is 2.32. The third-order valence-corrected chi connectivity index (χ3v) is 2.73. The van der Waals surface area contributed by atoms with Gasteiger partial charge in [-0.15, -0.1) is 0 Å². The molecule has 0 unspecified atom stereocenters. The summed E-state index contributed by atoms with van der Waals surface area (Å²) in [5.74, 6) is -1.85. The predicted octanol–water partition coefficient (Wildman–Crippen LogP) is 2.32. The molecule has 0 fully saturated rings. The number of carboxylic acids is 1. The van der Waals surface area contributed by atoms with Crippen LogP contribution in [0.5, 0.6) is 0 Å². The van der Waals surface area contributed by atoms with Crippen molar-refractivity contribution in [3.05, 3.63) is 29.6 Å². The molecule has 0 saturated heterocycles. The minimum absolute atomic E-state index is 0.198. The maximum atomic E-state index is 13.2. The smallest absolute Gasteiger partial charge is 0.326 e. The van der Waals surface area contributed by atoms with Crippen molar-refractivity contribution in [3.8, 4) is 6.07 Å². The van der Waals surface area contributed by atoms with Gasteiger partial charge in [0.2, 0.25) is 0 Å². The predicted molar refractivity (Wildman–Crippen MR) is 74.1 cm³/mol. The first-order valence-electron chi connectivity index (χ1n) is 6.15. The number of hydrogen-bond acceptors (Lipinski definition) is 3. The molecule has 0 saturated carbocycles. The van der Waals surface area contributed by atoms with Crippen LogP contribution in [0.1, 0.15) is 26.3 Å². The molecule has 0 aliphatic heterocycles. The first-order valence-corrected chi connectivity index (χ1v) is 6.15. The number of halogens is 1. The molecule has 1 aromatic rings. The van der Waals surface area contributed by atoms with Crippen molar-refractivity contribution in [3.63, 3.8) is 0 Å². The van der Waals surface area contributed by atoms with Gasteiger partial charge in [0.05, 0.1) is 5.56 Å². The van der Waals surface area contributed by atoms with Crippen LogP contribution < -0.4 is 10.6 Å². The Balaban J connectivity index is 2.82. The van der Waals surface area contributed by atoms with Crippen LogP contribution in [-0.4, -0.2) is 23.1 Å². The summed E-state index contributed by atoms with van der Waals surface area (Å²) in [6.07, 6.45) is 0. The zero-order valence-electron chi connectivity index (χ0n) is 11.9. The van der Waals surface area contributed by atoms with Crippen molar-refractivity contribution < 1.29 is 19.1 Å². The number of aliphatic carboxylic acids is 1. The summed E-state index contributed by atoms with van der Waals surface area (Å²) < 4.78 is 13.2. The average Bonchev–Trinajstić information content (AvgIpc) is 2.36. The topological polar surface area (TPSA) is 102 Å². The molecule has 0 radical (unpaired) electrons. The van der Waals surface area contributed by atoms with Crippen molar-refractivity contribution in [2.24, 2.45) is 5.41 Å². The Morgan fingerprint density at radius 3 is 2.48 bits per heavy atom. The molecule has 3 N–H and O–H groups in total. The Morgan fingerprint density at radius 2 is 2.00 bits per heavy atom. The number of amides is 2. The highest BCUT2D eigenvalue weighted by molar-refractivity contribution is 5.92. The third-order valence-electron chi connectivity index (χ3n) is 2.73. The number of hydrogen-bond donors (Lipinski definition) is 3. The highest BCUT2D eigenvalue weighted by Crippen LogP contribution is 2.20. The molecule has 7 heteroatoms. The van der Waals surface area contributed by atoms with Gasteiger partial charge in [-0.25, -0.2) is 14.0 Å². The number of carboxylic acid groups (broad SMARTS) is 1. The lowest BCUT2D eigenvalue weighted by atomic mass is 9.87. The van der Waals surface area contributed by atoms with Crippen molar-refractivity contribution in [2.45, 2.75) is 26.8 Å². The Labute approximate surface area is 121 Å². The van der Waals surface area contributed by atoms with Crippen LogP contribution in [0.4, 0.5) is 14.9 Å². The van der Waals surface area contributed by atoms with E-state index in [2.05, 4.69) is 10.6 Å². The quantitative estimate of drug-likeness (QED) is 0.795. The van der Waals surface area contributed by atoms with E-state index in [-0.39, 0.29) is 11.3 Å². The fourth-order valence-corrected chi connectivity index (χ4v) is 1.64. The molecular weight excluding hydrogens is 277 g/mol. The number of carbonyl (C=O) groups is 2. The molecule has 1 aromatic carbocycles. The molecule has 0 aliphatic rings. The first kappa shape index (κ1) is 16.4. The van der Waals surface area contributed by atoms with Gasteiger partial charge in [0.15, 0.2) is 0 Å². The van der Waals surface area contributed by atoms with Crippen LogP contribution in [0, 0.1) is 22.6 Å². The van der Waals surface area contributed by atoms with Crippen LogP contribution in [0.2, 0.25) is 0 Å². The normalized spacial score (nSPS) is 12.1. The van der Waals surface area contributed by atoms with Crippen LogP contribution in [-0.2, 0) is 4.79 Å². The van der Waals surface area contributed by atoms with Crippen molar-refractivity contribution in [2.75, 3.05) is 5.32 Å². The Bertz CT molecular complexity index is 602. The standard InChI is InChI=1S/C14H16FN3O3/c1-14(2,3)11(12(19)20)18-13(21)17-9-4-5-10(15)8(6-9)7-16/h4-6,11H,1-3H3,(H,19,20)(H2,17,18,21)/t11-/m0/s1. The maximum Gasteiger partial charge on any atom is 0.326 e. The molecule has 0 heterocycles. The lowest BCUT2D eigenvalue weighted by Gasteiger charge is -2.27. The minimum atomic E-state index is -1.16. The minimum Gasteiger partial charge on any atom is -0.480 e. The van der Waals surface area contributed by atoms with Gasteiger partial charge in [-0.05, 0) is 23.6 Å². The van der Waals surface area contributed by atoms with E-state index in [1.165, 1.54) is 12.1 Å². The Morgan fingerprint density at radius 1 is 1.38 bits per heavy atom. The molecule has 2 amide bonds. The second kappa shape index (κ2) is 6.22. The second-order valence-electron chi connectivity index (χ2n) is 5.54. The highest BCUT2D eigenvalue weighted by atomic mass is 19.1. The summed E-state index contributed by atoms with van der Waals surface area (Å²) in [6.45, 7) is 5.03. The third kappa shape index (κ3) is 4.45. The largest absolute Gasteiger partial charge is 0.480 e. The number of carbonyl (C=O) groups excluding carboxylic acids is 1. The zero-order valence-corrected chi connectivity index (χ0v) is 11.9. The summed E-state index contributed by atoms with van der Waals surface area (Å²) >= 11 is 0. The molecule has 0 spiro atoms. The number of benzene rings is 1. The molecule has 0 aromatic heterocycles. The number of rotatable bonds is 3. The van der Waals surface area contributed by atoms with Gasteiger partial charge in [-0.1, -0.05) is 20.8 Å². The molecule has 0 aliphatic carbocycles. The van der Waals surface area contributed by atoms with Crippen molar-refractivity contribution in [1.29, 1.82) is 5.26 Å². The number of nitrogens with zero attached hydrogens (tertiary/aromatic N) is 1. The molecule has 0 bridgehead atoms. The summed E-state index contributed by atoms with van der Waals surface area (Å²) in [6, 6.07) is 3.32. The fourth-order valence-electron chi connectivity index (χ4n) is 1.64. The van der Waals surface area contributed by atoms with Gasteiger partial charge in [0.25, 0.3) is 0 Å². The fraction of sp³-hybridized carbons (Fsp3) is 0.357. The second-order valence-corrected chi connectivity index (χ2v) is 5.54. The first-order chi connectivity index (χ1) is 9.65. The SMILES string of the molecule is CC(C)(C)[C@@H](NC(=O)Nc1ccc(F)c(C#N)c1)C(=O)O. The van der Waals surface area contributed by atoms with E-state index >= 15 is 0 Å². The van der Waals surface area contributed by atoms with E-state index in [1.54, 1.807) is 26.8 Å². The maximum absolute atomic E-state index is 13.2. The summed E-state index contributed by atoms with van der Waals surface area (Å²) in [5, 5.41) is 22.5. The van der Waals surface area contributed by atoms with Gasteiger partial charge >= 0.3 is 12.0 Å². The number of nitriles is 1. The van der Waals surface area contributed by atoms with Crippen LogP contribution in [0.3, 0.4) is 0 Å². The average molecular weight is 293 g/mol. The van der Waals surface area contributed by atoms with Crippen LogP contribution in [0.25, 0.3) is 0 Å². The van der Waals surface area contributed by atoms with E-state index < -0.39 is 29.3 Å². The number of anilines is 1. The lowest BCUT2D eigenvalue weighted by Crippen LogP contribution is -2.50. The van der Waals surface area contributed by atoms with Gasteiger partial charge in [-0.3, -0.25) is 0 Å². The Kier molecular flexibility index (Phi) is 4.87. The van der Waals surface area contributed by atoms with Gasteiger partial charge in [0.1, 0.15) is 17.9 Å². The van der Waals surface area contributed by atoms with Crippen molar-refractivity contribution in [1.82, 2.24) is 5.32 Å². The summed E-state index contributed by atoms with van der Waals surface area (Å²) in [4.78, 5) is 22.9. The van der Waals surface area contributed by atoms with E-state index in [0.29, 0.717) is 0 Å². The van der Waals surface area contributed by atoms with E-state index in [4.69, 9.17) is 10.4 Å². The monoisotopic (exact) mass is 293 g/mol. The Hall–Kier alpha value is -2.62. The van der Waals surface area contributed by atoms with Gasteiger partial charge < -0.3 is 15.7 Å². The molecular formula is C14H16FN3O3. The molecule has 112 valence electrons. The molecule has 6 nitrogen and oxygen atoms in total. The van der Waals surface area contributed by atoms with E-state index in [9.17, 15) is 14.0 Å². The molecule has 1 atom stereocenters. The van der Waals surface area contributed by atoms with E-state index in [1.807, 2.05) is 0 Å². The van der Waals surface area contributed by atoms with E-state index in [0.717, 1.165) is 6.07 Å². The van der Waals surface area contributed by atoms with Crippen LogP contribution in [0.15, 0.2) is 18.2 Å². The van der Waals surface area contributed by atoms with Crippen molar-refractivity contribution >= 4 is 17.7 Å². The summed E-state index contributed by atoms with van der Waals surface area (Å²) in [7, 11) is 0. The van der Waals surface area contributed by atoms with Crippen LogP contribution >= 0.6 is 0 Å². The summed E-state index contributed by atoms with van der Waals surface area (Å²) in [5.41, 5.74) is -0.689. The zero-order chi connectivity index (χ0) is 16.2. The van der Waals surface area contributed by atoms with Gasteiger partial charge in [0, 0.05) is 5.69 Å². The number of urea groups is 1. The molecule has 21 heavy (non-hydrogen) atoms. The lowest BCUT2D eigenvalue weighted by molar-refractivity contribution is -0.141. The van der Waals surface area contributed by atoms with Gasteiger partial charge in [-0.2, -0.15) is 5.26 Å².